The van der Waals surface area contributed by atoms with Gasteiger partial charge in [0, 0.05) is 11.1 Å². The quantitative estimate of drug-likeness (QED) is 0.793. The lowest BCUT2D eigenvalue weighted by atomic mass is 10.1. The molecule has 4 nitrogen and oxygen atoms in total. The van der Waals surface area contributed by atoms with Crippen molar-refractivity contribution in [3.8, 4) is 10.6 Å². The molecule has 2 aromatic carbocycles. The minimum Gasteiger partial charge on any atom is -0.296 e. The van der Waals surface area contributed by atoms with Gasteiger partial charge in [-0.15, -0.1) is 10.2 Å². The van der Waals surface area contributed by atoms with Crippen LogP contribution in [0.3, 0.4) is 0 Å². The molecule has 0 fully saturated rings. The molecular weight excluding hydrogens is 294 g/mol. The number of aryl methyl sites for hydroxylation is 2. The second-order valence-electron chi connectivity index (χ2n) is 5.11. The van der Waals surface area contributed by atoms with Crippen molar-refractivity contribution in [2.45, 2.75) is 13.8 Å². The Kier molecular flexibility index (Phi) is 3.98. The second-order valence-corrected chi connectivity index (χ2v) is 6.08. The second kappa shape index (κ2) is 6.07. The first-order valence-electron chi connectivity index (χ1n) is 6.90. The van der Waals surface area contributed by atoms with Gasteiger partial charge in [0.15, 0.2) is 0 Å². The van der Waals surface area contributed by atoms with Crippen LogP contribution in [-0.2, 0) is 0 Å². The fourth-order valence-corrected chi connectivity index (χ4v) is 2.86. The van der Waals surface area contributed by atoms with Crippen LogP contribution in [0.25, 0.3) is 10.6 Å². The van der Waals surface area contributed by atoms with Gasteiger partial charge < -0.3 is 0 Å². The van der Waals surface area contributed by atoms with Crippen LogP contribution < -0.4 is 5.32 Å². The van der Waals surface area contributed by atoms with Crippen molar-refractivity contribution in [2.75, 3.05) is 5.32 Å². The molecule has 0 saturated carbocycles. The van der Waals surface area contributed by atoms with E-state index in [1.165, 1.54) is 11.3 Å². The van der Waals surface area contributed by atoms with Crippen LogP contribution in [0.5, 0.6) is 0 Å². The van der Waals surface area contributed by atoms with Crippen LogP contribution in [0, 0.1) is 13.8 Å². The van der Waals surface area contributed by atoms with E-state index < -0.39 is 0 Å². The minimum absolute atomic E-state index is 0.171. The van der Waals surface area contributed by atoms with Crippen LogP contribution in [0.1, 0.15) is 21.5 Å². The van der Waals surface area contributed by atoms with Crippen molar-refractivity contribution in [1.29, 1.82) is 0 Å². The molecule has 0 aliphatic carbocycles. The highest BCUT2D eigenvalue weighted by Gasteiger charge is 2.11. The number of amides is 1. The normalized spacial score (nSPS) is 10.5. The molecule has 22 heavy (non-hydrogen) atoms. The van der Waals surface area contributed by atoms with Crippen molar-refractivity contribution < 1.29 is 4.79 Å². The van der Waals surface area contributed by atoms with E-state index in [0.717, 1.165) is 21.7 Å². The lowest BCUT2D eigenvalue weighted by molar-refractivity contribution is 0.102. The first kappa shape index (κ1) is 14.4. The maximum Gasteiger partial charge on any atom is 0.257 e. The summed E-state index contributed by atoms with van der Waals surface area (Å²) in [6, 6.07) is 15.5. The summed E-state index contributed by atoms with van der Waals surface area (Å²) in [5.74, 6) is -0.171. The van der Waals surface area contributed by atoms with Crippen LogP contribution in [0.2, 0.25) is 0 Å². The summed E-state index contributed by atoms with van der Waals surface area (Å²) in [5, 5.41) is 12.3. The zero-order valence-electron chi connectivity index (χ0n) is 12.3. The number of hydrogen-bond donors (Lipinski definition) is 1. The van der Waals surface area contributed by atoms with Crippen LogP contribution in [0.4, 0.5) is 5.13 Å². The monoisotopic (exact) mass is 309 g/mol. The molecule has 0 aliphatic heterocycles. The predicted molar refractivity (Wildman–Crippen MR) is 89.2 cm³/mol. The number of rotatable bonds is 3. The Labute approximate surface area is 132 Å². The maximum absolute atomic E-state index is 12.2. The molecule has 1 N–H and O–H groups in total. The van der Waals surface area contributed by atoms with E-state index in [2.05, 4.69) is 15.5 Å². The van der Waals surface area contributed by atoms with Gasteiger partial charge in [-0.2, -0.15) is 0 Å². The molecule has 0 atom stereocenters. The summed E-state index contributed by atoms with van der Waals surface area (Å²) in [6.45, 7) is 3.99. The molecule has 0 radical (unpaired) electrons. The summed E-state index contributed by atoms with van der Waals surface area (Å²) in [7, 11) is 0. The zero-order valence-corrected chi connectivity index (χ0v) is 13.1. The molecule has 0 spiro atoms. The number of hydrogen-bond acceptors (Lipinski definition) is 4. The average molecular weight is 309 g/mol. The molecule has 0 bridgehead atoms. The molecule has 1 amide bonds. The Balaban J connectivity index is 1.78. The topological polar surface area (TPSA) is 54.9 Å². The van der Waals surface area contributed by atoms with Gasteiger partial charge in [-0.25, -0.2) is 0 Å². The summed E-state index contributed by atoms with van der Waals surface area (Å²) in [5.41, 5.74) is 3.84. The van der Waals surface area contributed by atoms with Gasteiger partial charge in [0.05, 0.1) is 0 Å². The summed E-state index contributed by atoms with van der Waals surface area (Å²) < 4.78 is 0. The molecule has 3 rings (SSSR count). The van der Waals surface area contributed by atoms with E-state index in [9.17, 15) is 4.79 Å². The van der Waals surface area contributed by atoms with E-state index in [4.69, 9.17) is 0 Å². The standard InChI is InChI=1S/C17H15N3OS/c1-11-5-3-7-13(9-11)15(21)18-17-20-19-16(22-17)14-8-4-6-12(2)10-14/h3-10H,1-2H3,(H,18,20,21). The minimum atomic E-state index is -0.171. The SMILES string of the molecule is Cc1cccc(C(=O)Nc2nnc(-c3cccc(C)c3)s2)c1. The number of carbonyl (C=O) groups is 1. The van der Waals surface area contributed by atoms with E-state index in [1.54, 1.807) is 6.07 Å². The molecule has 5 heteroatoms. The number of benzene rings is 2. The van der Waals surface area contributed by atoms with Crippen molar-refractivity contribution in [3.05, 3.63) is 65.2 Å². The molecule has 0 saturated heterocycles. The smallest absolute Gasteiger partial charge is 0.257 e. The zero-order chi connectivity index (χ0) is 15.5. The highest BCUT2D eigenvalue weighted by Crippen LogP contribution is 2.27. The Morgan fingerprint density at radius 3 is 2.45 bits per heavy atom. The molecule has 3 aromatic rings. The van der Waals surface area contributed by atoms with Crippen LogP contribution in [0.15, 0.2) is 48.5 Å². The van der Waals surface area contributed by atoms with Crippen molar-refractivity contribution in [3.63, 3.8) is 0 Å². The van der Waals surface area contributed by atoms with Gasteiger partial charge in [0.25, 0.3) is 5.91 Å². The third-order valence-electron chi connectivity index (χ3n) is 3.19. The van der Waals surface area contributed by atoms with Crippen LogP contribution in [-0.4, -0.2) is 16.1 Å². The van der Waals surface area contributed by atoms with E-state index in [1.807, 2.05) is 56.3 Å². The maximum atomic E-state index is 12.2. The first-order valence-corrected chi connectivity index (χ1v) is 7.72. The molecule has 0 unspecified atom stereocenters. The Morgan fingerprint density at radius 1 is 1.00 bits per heavy atom. The highest BCUT2D eigenvalue weighted by atomic mass is 32.1. The average Bonchev–Trinajstić information content (AvgIpc) is 2.96. The number of carbonyl (C=O) groups excluding carboxylic acids is 1. The van der Waals surface area contributed by atoms with Crippen LogP contribution >= 0.6 is 11.3 Å². The predicted octanol–water partition coefficient (Wildman–Crippen LogP) is 4.07. The number of nitrogens with one attached hydrogen (secondary N) is 1. The lowest BCUT2D eigenvalue weighted by Crippen LogP contribution is -2.11. The number of nitrogens with zero attached hydrogens (tertiary/aromatic N) is 2. The Bertz CT molecular complexity index is 826. The largest absolute Gasteiger partial charge is 0.296 e. The summed E-state index contributed by atoms with van der Waals surface area (Å²) >= 11 is 1.37. The molecule has 1 heterocycles. The summed E-state index contributed by atoms with van der Waals surface area (Å²) in [4.78, 5) is 12.2. The Morgan fingerprint density at radius 2 is 1.73 bits per heavy atom. The lowest BCUT2D eigenvalue weighted by Gasteiger charge is -2.01. The van der Waals surface area contributed by atoms with Gasteiger partial charge in [-0.1, -0.05) is 52.8 Å². The molecule has 110 valence electrons. The van der Waals surface area contributed by atoms with Crippen molar-refractivity contribution in [2.24, 2.45) is 0 Å². The van der Waals surface area contributed by atoms with Gasteiger partial charge in [-0.3, -0.25) is 10.1 Å². The summed E-state index contributed by atoms with van der Waals surface area (Å²) in [6.07, 6.45) is 0. The number of anilines is 1. The Hall–Kier alpha value is -2.53. The van der Waals surface area contributed by atoms with E-state index in [-0.39, 0.29) is 5.91 Å². The van der Waals surface area contributed by atoms with Gasteiger partial charge in [0.2, 0.25) is 5.13 Å². The molecule has 1 aromatic heterocycles. The molecule has 0 aliphatic rings. The van der Waals surface area contributed by atoms with Crippen molar-refractivity contribution >= 4 is 22.4 Å². The molecular formula is C17H15N3OS. The van der Waals surface area contributed by atoms with Crippen molar-refractivity contribution in [1.82, 2.24) is 10.2 Å². The third-order valence-corrected chi connectivity index (χ3v) is 4.08. The van der Waals surface area contributed by atoms with Gasteiger partial charge in [-0.05, 0) is 32.0 Å². The third kappa shape index (κ3) is 3.20. The van der Waals surface area contributed by atoms with E-state index in [0.29, 0.717) is 10.7 Å². The number of aromatic nitrogens is 2. The van der Waals surface area contributed by atoms with Gasteiger partial charge in [0.1, 0.15) is 5.01 Å². The van der Waals surface area contributed by atoms with E-state index >= 15 is 0 Å². The first-order chi connectivity index (χ1) is 10.6. The highest BCUT2D eigenvalue weighted by molar-refractivity contribution is 7.18. The fraction of sp³-hybridized carbons (Fsp3) is 0.118. The fourth-order valence-electron chi connectivity index (χ4n) is 2.12. The van der Waals surface area contributed by atoms with Gasteiger partial charge >= 0.3 is 0 Å².